The van der Waals surface area contributed by atoms with E-state index in [1.807, 2.05) is 0 Å². The van der Waals surface area contributed by atoms with Crippen LogP contribution in [0.5, 0.6) is 0 Å². The Hall–Kier alpha value is -1.62. The maximum Gasteiger partial charge on any atom is 0.307 e. The van der Waals surface area contributed by atoms with E-state index < -0.39 is 75.0 Å². The first-order chi connectivity index (χ1) is 25.5. The lowest BCUT2D eigenvalue weighted by molar-refractivity contribution is -0.156. The van der Waals surface area contributed by atoms with E-state index in [1.165, 1.54) is 0 Å². The maximum atomic E-state index is 12.1. The van der Waals surface area contributed by atoms with Crippen molar-refractivity contribution in [3.8, 4) is 0 Å². The predicted octanol–water partition coefficient (Wildman–Crippen LogP) is -3.47. The summed E-state index contributed by atoms with van der Waals surface area (Å²) in [6.07, 6.45) is -5.38. The molecule has 0 bridgehead atoms. The highest BCUT2D eigenvalue weighted by atomic mass is 16.6. The molecule has 53 heavy (non-hydrogen) atoms. The van der Waals surface area contributed by atoms with Crippen LogP contribution in [0.15, 0.2) is 0 Å². The summed E-state index contributed by atoms with van der Waals surface area (Å²) in [4.78, 5) is 28.7. The minimum absolute atomic E-state index is 0.0438. The largest absolute Gasteiger partial charge is 0.463 e. The van der Waals surface area contributed by atoms with Gasteiger partial charge in [-0.25, -0.2) is 0 Å². The van der Waals surface area contributed by atoms with Crippen molar-refractivity contribution in [1.29, 1.82) is 0 Å². The average Bonchev–Trinajstić information content (AvgIpc) is 3.14. The molecule has 12 N–H and O–H groups in total. The molecule has 0 aliphatic heterocycles. The van der Waals surface area contributed by atoms with Crippen molar-refractivity contribution in [2.45, 2.75) is 95.9 Å². The van der Waals surface area contributed by atoms with Gasteiger partial charge in [-0.1, -0.05) is 27.2 Å². The lowest BCUT2D eigenvalue weighted by atomic mass is 10.1. The van der Waals surface area contributed by atoms with Gasteiger partial charge in [-0.05, 0) is 38.9 Å². The van der Waals surface area contributed by atoms with Crippen LogP contribution in [0, 0.1) is 0 Å². The van der Waals surface area contributed by atoms with Crippen molar-refractivity contribution in [2.24, 2.45) is 5.73 Å². The highest BCUT2D eigenvalue weighted by Gasteiger charge is 2.29. The zero-order chi connectivity index (χ0) is 39.7. The molecule has 0 saturated heterocycles. The van der Waals surface area contributed by atoms with Crippen LogP contribution in [-0.4, -0.2) is 207 Å². The quantitative estimate of drug-likeness (QED) is 0.0166. The van der Waals surface area contributed by atoms with E-state index in [1.54, 1.807) is 0 Å². The fourth-order valence-electron chi connectivity index (χ4n) is 5.01. The number of nitrogens with zero attached hydrogens (tertiary/aromatic N) is 2. The second-order valence-electron chi connectivity index (χ2n) is 13.2. The number of unbranched alkanes of at least 4 members (excludes halogenated alkanes) is 1. The van der Waals surface area contributed by atoms with Crippen molar-refractivity contribution in [3.05, 3.63) is 0 Å². The third kappa shape index (κ3) is 28.5. The van der Waals surface area contributed by atoms with Gasteiger partial charge in [-0.2, -0.15) is 0 Å². The highest BCUT2D eigenvalue weighted by Crippen LogP contribution is 2.06. The number of nitrogens with one attached hydrogen (secondary N) is 4. The number of aliphatic hydroxyl groups excluding tert-OH is 6. The maximum absolute atomic E-state index is 12.1. The van der Waals surface area contributed by atoms with Gasteiger partial charge in [-0.15, -0.1) is 0 Å². The van der Waals surface area contributed by atoms with Gasteiger partial charge in [0.2, 0.25) is 0 Å². The van der Waals surface area contributed by atoms with Crippen LogP contribution in [0.1, 0.15) is 59.3 Å². The van der Waals surface area contributed by atoms with E-state index in [0.717, 1.165) is 84.7 Å². The van der Waals surface area contributed by atoms with Crippen molar-refractivity contribution in [2.75, 3.05) is 118 Å². The minimum Gasteiger partial charge on any atom is -0.463 e. The van der Waals surface area contributed by atoms with Crippen molar-refractivity contribution < 1.29 is 54.4 Å². The fourth-order valence-corrected chi connectivity index (χ4v) is 5.01. The van der Waals surface area contributed by atoms with E-state index in [-0.39, 0.29) is 12.8 Å². The molecule has 316 valence electrons. The summed E-state index contributed by atoms with van der Waals surface area (Å²) < 4.78 is 15.2. The van der Waals surface area contributed by atoms with Crippen molar-refractivity contribution in [3.63, 3.8) is 0 Å². The third-order valence-electron chi connectivity index (χ3n) is 8.26. The van der Waals surface area contributed by atoms with Gasteiger partial charge >= 0.3 is 11.9 Å². The Morgan fingerprint density at radius 3 is 1.47 bits per heavy atom. The van der Waals surface area contributed by atoms with Gasteiger partial charge in [0.1, 0.15) is 49.8 Å². The monoisotopic (exact) mass is 770 g/mol. The van der Waals surface area contributed by atoms with Gasteiger partial charge in [-0.3, -0.25) is 19.4 Å². The number of nitrogens with two attached hydrogens (primary N) is 1. The highest BCUT2D eigenvalue weighted by molar-refractivity contribution is 5.69. The average molecular weight is 770 g/mol. The number of rotatable bonds is 38. The van der Waals surface area contributed by atoms with Crippen LogP contribution in [-0.2, 0) is 23.8 Å². The SMILES string of the molecule is CCCCNCCN(CCN)CCNCCC(=O)OCC(O)C(O)C(O)COCC(O)C(O)C(O)COC(=O)CCNCCN(CCC)CNCCC. The second kappa shape index (κ2) is 34.8. The first-order valence-corrected chi connectivity index (χ1v) is 19.4. The summed E-state index contributed by atoms with van der Waals surface area (Å²) in [5.74, 6) is -1.17. The molecule has 0 radical (unpaired) electrons. The molecule has 0 aromatic carbocycles. The summed E-state index contributed by atoms with van der Waals surface area (Å²) in [5, 5.41) is 74.2. The Morgan fingerprint density at radius 2 is 1.02 bits per heavy atom. The first kappa shape index (κ1) is 51.4. The molecule has 0 spiro atoms. The van der Waals surface area contributed by atoms with Crippen LogP contribution in [0.3, 0.4) is 0 Å². The standard InChI is InChI=1S/C35H75N7O11/c1-4-7-12-37-15-20-41(19-10-36)21-16-38-13-8-32(47)52-25-30(45)34(49)28(43)23-51-24-29(44)35(50)31(46)26-53-33(48)9-14-39-17-22-42(18-6-3)27-40-11-5-2/h28-31,34-35,37-40,43-46,49-50H,4-27,36H2,1-3H3. The molecule has 6 unspecified atom stereocenters. The first-order valence-electron chi connectivity index (χ1n) is 19.4. The molecule has 0 fully saturated rings. The molecule has 0 aromatic heterocycles. The van der Waals surface area contributed by atoms with E-state index in [9.17, 15) is 40.2 Å². The summed E-state index contributed by atoms with van der Waals surface area (Å²) in [6.45, 7) is 14.7. The van der Waals surface area contributed by atoms with Crippen LogP contribution < -0.4 is 27.0 Å². The molecular weight excluding hydrogens is 694 g/mol. The van der Waals surface area contributed by atoms with Crippen molar-refractivity contribution in [1.82, 2.24) is 31.1 Å². The number of ether oxygens (including phenoxy) is 3. The number of carbonyl (C=O) groups is 2. The van der Waals surface area contributed by atoms with E-state index >= 15 is 0 Å². The number of esters is 2. The zero-order valence-electron chi connectivity index (χ0n) is 32.6. The zero-order valence-corrected chi connectivity index (χ0v) is 32.6. The van der Waals surface area contributed by atoms with Crippen LogP contribution >= 0.6 is 0 Å². The number of carbonyl (C=O) groups excluding carboxylic acids is 2. The number of hydrogen-bond acceptors (Lipinski definition) is 18. The van der Waals surface area contributed by atoms with Gasteiger partial charge in [0.05, 0.1) is 26.1 Å². The molecule has 0 rings (SSSR count). The predicted molar refractivity (Wildman–Crippen MR) is 202 cm³/mol. The molecular formula is C35H75N7O11. The molecule has 0 aliphatic rings. The van der Waals surface area contributed by atoms with E-state index in [2.05, 4.69) is 51.8 Å². The van der Waals surface area contributed by atoms with Gasteiger partial charge in [0.25, 0.3) is 0 Å². The lowest BCUT2D eigenvalue weighted by Gasteiger charge is -2.25. The van der Waals surface area contributed by atoms with Gasteiger partial charge in [0, 0.05) is 72.1 Å². The molecule has 0 amide bonds. The Bertz CT molecular complexity index is 871. The summed E-state index contributed by atoms with van der Waals surface area (Å²) in [7, 11) is 0. The summed E-state index contributed by atoms with van der Waals surface area (Å²) in [5.41, 5.74) is 5.71. The summed E-state index contributed by atoms with van der Waals surface area (Å²) >= 11 is 0. The number of hydrogen-bond donors (Lipinski definition) is 11. The van der Waals surface area contributed by atoms with Crippen LogP contribution in [0.4, 0.5) is 0 Å². The third-order valence-corrected chi connectivity index (χ3v) is 8.26. The Kier molecular flexibility index (Phi) is 33.8. The van der Waals surface area contributed by atoms with Crippen LogP contribution in [0.2, 0.25) is 0 Å². The molecule has 0 heterocycles. The van der Waals surface area contributed by atoms with Gasteiger partial charge < -0.3 is 71.9 Å². The Morgan fingerprint density at radius 1 is 0.547 bits per heavy atom. The Labute approximate surface area is 317 Å². The normalized spacial score (nSPS) is 15.3. The van der Waals surface area contributed by atoms with Crippen LogP contribution in [0.25, 0.3) is 0 Å². The molecule has 0 aliphatic carbocycles. The number of aliphatic hydroxyl groups is 6. The smallest absolute Gasteiger partial charge is 0.307 e. The van der Waals surface area contributed by atoms with Gasteiger partial charge in [0.15, 0.2) is 0 Å². The molecule has 6 atom stereocenters. The Balaban J connectivity index is 4.16. The summed E-state index contributed by atoms with van der Waals surface area (Å²) in [6, 6.07) is 0. The fraction of sp³-hybridized carbons (Fsp3) is 0.943. The molecule has 0 saturated carbocycles. The molecule has 18 heteroatoms. The topological polar surface area (TPSA) is 264 Å². The lowest BCUT2D eigenvalue weighted by Crippen LogP contribution is -2.45. The second-order valence-corrected chi connectivity index (χ2v) is 13.2. The van der Waals surface area contributed by atoms with E-state index in [4.69, 9.17) is 19.9 Å². The van der Waals surface area contributed by atoms with E-state index in [0.29, 0.717) is 32.7 Å². The molecule has 18 nitrogen and oxygen atoms in total. The van der Waals surface area contributed by atoms with Crippen molar-refractivity contribution >= 4 is 11.9 Å². The molecule has 0 aromatic rings. The minimum atomic E-state index is -1.73.